The number of hydrogen-bond donors (Lipinski definition) is 1. The van der Waals surface area contributed by atoms with Crippen LogP contribution in [0.5, 0.6) is 11.5 Å². The lowest BCUT2D eigenvalue weighted by Crippen LogP contribution is -2.29. The summed E-state index contributed by atoms with van der Waals surface area (Å²) in [6.07, 6.45) is 0. The zero-order valence-corrected chi connectivity index (χ0v) is 20.0. The zero-order chi connectivity index (χ0) is 24.6. The van der Waals surface area contributed by atoms with Crippen LogP contribution in [-0.2, 0) is 9.59 Å². The molecule has 1 aliphatic heterocycles. The van der Waals surface area contributed by atoms with Gasteiger partial charge in [-0.15, -0.1) is 0 Å². The third kappa shape index (κ3) is 3.90. The number of aryl methyl sites for hydroxylation is 2. The number of halogens is 1. The molecule has 3 aromatic carbocycles. The third-order valence-electron chi connectivity index (χ3n) is 6.03. The van der Waals surface area contributed by atoms with Crippen LogP contribution >= 0.6 is 11.6 Å². The molecule has 1 atom stereocenters. The monoisotopic (exact) mass is 477 g/mol. The normalized spacial score (nSPS) is 17.2. The molecule has 4 rings (SSSR count). The predicted molar refractivity (Wildman–Crippen MR) is 132 cm³/mol. The molecular weight excluding hydrogens is 454 g/mol. The molecule has 6 nitrogen and oxygen atoms in total. The molecule has 1 fully saturated rings. The second-order valence-electron chi connectivity index (χ2n) is 8.03. The van der Waals surface area contributed by atoms with Gasteiger partial charge in [-0.1, -0.05) is 35.9 Å². The van der Waals surface area contributed by atoms with E-state index in [1.54, 1.807) is 50.4 Å². The molecule has 1 N–H and O–H groups in total. The van der Waals surface area contributed by atoms with Gasteiger partial charge < -0.3 is 14.6 Å². The topological polar surface area (TPSA) is 76.1 Å². The highest BCUT2D eigenvalue weighted by Gasteiger charge is 2.47. The van der Waals surface area contributed by atoms with E-state index in [-0.39, 0.29) is 11.3 Å². The first-order valence-corrected chi connectivity index (χ1v) is 11.0. The van der Waals surface area contributed by atoms with Gasteiger partial charge in [0.2, 0.25) is 0 Å². The number of rotatable bonds is 5. The first kappa shape index (κ1) is 23.4. The highest BCUT2D eigenvalue weighted by molar-refractivity contribution is 6.52. The van der Waals surface area contributed by atoms with Crippen LogP contribution in [0.1, 0.15) is 28.3 Å². The molecule has 7 heteroatoms. The molecule has 1 unspecified atom stereocenters. The number of carbonyl (C=O) groups is 2. The summed E-state index contributed by atoms with van der Waals surface area (Å²) >= 11 is 6.34. The number of methoxy groups -OCH3 is 2. The van der Waals surface area contributed by atoms with Crippen molar-refractivity contribution in [1.82, 2.24) is 0 Å². The predicted octanol–water partition coefficient (Wildman–Crippen LogP) is 5.60. The number of amides is 1. The molecule has 0 aromatic heterocycles. The maximum Gasteiger partial charge on any atom is 0.300 e. The van der Waals surface area contributed by atoms with Gasteiger partial charge in [-0.25, -0.2) is 0 Å². The molecule has 0 spiro atoms. The Morgan fingerprint density at radius 2 is 1.68 bits per heavy atom. The lowest BCUT2D eigenvalue weighted by Gasteiger charge is -2.27. The van der Waals surface area contributed by atoms with Gasteiger partial charge in [0.15, 0.2) is 0 Å². The Balaban J connectivity index is 1.97. The lowest BCUT2D eigenvalue weighted by molar-refractivity contribution is -0.132. The summed E-state index contributed by atoms with van der Waals surface area (Å²) in [5, 5.41) is 11.7. The molecule has 0 radical (unpaired) electrons. The molecule has 1 heterocycles. The van der Waals surface area contributed by atoms with Gasteiger partial charge in [-0.05, 0) is 66.9 Å². The summed E-state index contributed by atoms with van der Waals surface area (Å²) in [4.78, 5) is 28.1. The van der Waals surface area contributed by atoms with Crippen molar-refractivity contribution >= 4 is 34.7 Å². The van der Waals surface area contributed by atoms with Crippen molar-refractivity contribution in [2.75, 3.05) is 19.1 Å². The van der Waals surface area contributed by atoms with E-state index in [2.05, 4.69) is 0 Å². The minimum atomic E-state index is -0.841. The highest BCUT2D eigenvalue weighted by atomic mass is 35.5. The maximum absolute atomic E-state index is 13.3. The number of nitrogens with zero attached hydrogens (tertiary/aromatic N) is 1. The molecule has 1 amide bonds. The van der Waals surface area contributed by atoms with Crippen LogP contribution in [0.2, 0.25) is 5.02 Å². The van der Waals surface area contributed by atoms with E-state index in [9.17, 15) is 14.7 Å². The van der Waals surface area contributed by atoms with Gasteiger partial charge in [0.05, 0.1) is 30.9 Å². The molecule has 3 aromatic rings. The second-order valence-corrected chi connectivity index (χ2v) is 8.43. The summed E-state index contributed by atoms with van der Waals surface area (Å²) < 4.78 is 10.5. The Morgan fingerprint density at radius 1 is 0.941 bits per heavy atom. The summed E-state index contributed by atoms with van der Waals surface area (Å²) in [5.41, 5.74) is 3.19. The summed E-state index contributed by atoms with van der Waals surface area (Å²) in [7, 11) is 3.05. The fraction of sp³-hybridized carbons (Fsp3) is 0.185. The van der Waals surface area contributed by atoms with Crippen molar-refractivity contribution < 1.29 is 24.2 Å². The van der Waals surface area contributed by atoms with Crippen LogP contribution in [0.4, 0.5) is 5.69 Å². The van der Waals surface area contributed by atoms with E-state index in [0.29, 0.717) is 33.3 Å². The van der Waals surface area contributed by atoms with E-state index in [1.807, 2.05) is 31.2 Å². The lowest BCUT2D eigenvalue weighted by atomic mass is 9.91. The molecule has 1 aliphatic rings. The Kier molecular flexibility index (Phi) is 6.35. The first-order valence-electron chi connectivity index (χ1n) is 10.6. The Morgan fingerprint density at radius 3 is 2.29 bits per heavy atom. The van der Waals surface area contributed by atoms with Crippen molar-refractivity contribution in [2.24, 2.45) is 0 Å². The van der Waals surface area contributed by atoms with Crippen molar-refractivity contribution in [3.8, 4) is 11.5 Å². The third-order valence-corrected chi connectivity index (χ3v) is 6.33. The smallest absolute Gasteiger partial charge is 0.300 e. The second kappa shape index (κ2) is 9.23. The summed E-state index contributed by atoms with van der Waals surface area (Å²) in [6.45, 7) is 3.70. The Labute approximate surface area is 203 Å². The number of ether oxygens (including phenoxy) is 2. The number of aliphatic hydroxyl groups excluding tert-OH is 1. The largest absolute Gasteiger partial charge is 0.507 e. The van der Waals surface area contributed by atoms with Crippen LogP contribution in [0.15, 0.2) is 66.2 Å². The summed E-state index contributed by atoms with van der Waals surface area (Å²) in [6, 6.07) is 16.6. The van der Waals surface area contributed by atoms with Crippen molar-refractivity contribution in [1.29, 1.82) is 0 Å². The molecule has 1 saturated heterocycles. The van der Waals surface area contributed by atoms with Crippen LogP contribution in [0.25, 0.3) is 5.76 Å². The van der Waals surface area contributed by atoms with Crippen LogP contribution in [0, 0.1) is 13.8 Å². The maximum atomic E-state index is 13.3. The highest BCUT2D eigenvalue weighted by Crippen LogP contribution is 2.44. The van der Waals surface area contributed by atoms with Gasteiger partial charge in [0, 0.05) is 11.3 Å². The minimum absolute atomic E-state index is 0.0134. The molecule has 34 heavy (non-hydrogen) atoms. The quantitative estimate of drug-likeness (QED) is 0.294. The van der Waals surface area contributed by atoms with Gasteiger partial charge >= 0.3 is 0 Å². The van der Waals surface area contributed by atoms with Gasteiger partial charge in [0.25, 0.3) is 11.7 Å². The van der Waals surface area contributed by atoms with Gasteiger partial charge in [-0.2, -0.15) is 0 Å². The Bertz CT molecular complexity index is 1330. The molecule has 174 valence electrons. The zero-order valence-electron chi connectivity index (χ0n) is 19.3. The van der Waals surface area contributed by atoms with Crippen molar-refractivity contribution in [3.05, 3.63) is 93.5 Å². The molecule has 0 saturated carbocycles. The van der Waals surface area contributed by atoms with Crippen LogP contribution in [0.3, 0.4) is 0 Å². The average Bonchev–Trinajstić information content (AvgIpc) is 3.09. The number of hydrogen-bond acceptors (Lipinski definition) is 5. The van der Waals surface area contributed by atoms with Crippen LogP contribution < -0.4 is 14.4 Å². The van der Waals surface area contributed by atoms with Crippen molar-refractivity contribution in [2.45, 2.75) is 19.9 Å². The SMILES string of the molecule is COc1ccc(/C(O)=C2\C(=O)C(=O)N(c3ccc(OC)c(Cl)c3)C2c2ccccc2C)c(C)c1. The van der Waals surface area contributed by atoms with Crippen molar-refractivity contribution in [3.63, 3.8) is 0 Å². The van der Waals surface area contributed by atoms with E-state index in [4.69, 9.17) is 21.1 Å². The van der Waals surface area contributed by atoms with E-state index in [0.717, 1.165) is 11.1 Å². The number of Topliss-reactive ketones (excluding diaryl/α,β-unsaturated/α-hetero) is 1. The number of aliphatic hydroxyl groups is 1. The molecular formula is C27H24ClNO5. The average molecular weight is 478 g/mol. The molecule has 0 bridgehead atoms. The van der Waals surface area contributed by atoms with E-state index in [1.165, 1.54) is 12.0 Å². The first-order chi connectivity index (χ1) is 16.3. The van der Waals surface area contributed by atoms with Gasteiger partial charge in [0.1, 0.15) is 17.3 Å². The summed E-state index contributed by atoms with van der Waals surface area (Å²) in [5.74, 6) is -0.690. The Hall–Kier alpha value is -3.77. The van der Waals surface area contributed by atoms with E-state index < -0.39 is 17.7 Å². The molecule has 0 aliphatic carbocycles. The minimum Gasteiger partial charge on any atom is -0.507 e. The van der Waals surface area contributed by atoms with Gasteiger partial charge in [-0.3, -0.25) is 14.5 Å². The fourth-order valence-electron chi connectivity index (χ4n) is 4.27. The fourth-order valence-corrected chi connectivity index (χ4v) is 4.52. The number of anilines is 1. The van der Waals surface area contributed by atoms with E-state index >= 15 is 0 Å². The number of carbonyl (C=O) groups excluding carboxylic acids is 2. The standard InChI is InChI=1S/C27H24ClNO5/c1-15-7-5-6-8-19(15)24-23(25(30)20-11-10-18(33-3)13-16(20)2)26(31)27(32)29(24)17-9-12-22(34-4)21(28)14-17/h5-14,24,30H,1-4H3/b25-23+. The number of ketones is 1. The van der Waals surface area contributed by atoms with Crippen LogP contribution in [-0.4, -0.2) is 31.0 Å². The number of benzene rings is 3.